The summed E-state index contributed by atoms with van der Waals surface area (Å²) < 4.78 is 5.72. The SMILES string of the molecule is O=C(Nc1ccccc1-c1ccccc1)OC1CCN(CCNCC(=O)c2ccc(CNCCO)s2)CC1. The molecule has 1 aromatic heterocycles. The van der Waals surface area contributed by atoms with Crippen LogP contribution in [0.1, 0.15) is 27.4 Å². The Bertz CT molecular complexity index is 1160. The molecule has 8 nitrogen and oxygen atoms in total. The van der Waals surface area contributed by atoms with Crippen LogP contribution < -0.4 is 16.0 Å². The molecular formula is C29H36N4O4S. The van der Waals surface area contributed by atoms with Crippen molar-refractivity contribution in [2.45, 2.75) is 25.5 Å². The summed E-state index contributed by atoms with van der Waals surface area (Å²) >= 11 is 1.49. The summed E-state index contributed by atoms with van der Waals surface area (Å²) in [5, 5.41) is 18.1. The van der Waals surface area contributed by atoms with Gasteiger partial charge in [0, 0.05) is 49.7 Å². The number of thiophene rings is 1. The summed E-state index contributed by atoms with van der Waals surface area (Å²) in [5.74, 6) is 0.0929. The third-order valence-electron chi connectivity index (χ3n) is 6.47. The normalized spacial score (nSPS) is 14.3. The molecule has 3 aromatic rings. The number of anilines is 1. The first-order valence-electron chi connectivity index (χ1n) is 13.1. The van der Waals surface area contributed by atoms with Crippen LogP contribution in [0.3, 0.4) is 0 Å². The fraction of sp³-hybridized carbons (Fsp3) is 0.379. The summed E-state index contributed by atoms with van der Waals surface area (Å²) in [7, 11) is 0. The molecule has 1 aliphatic heterocycles. The van der Waals surface area contributed by atoms with Crippen LogP contribution in [-0.2, 0) is 11.3 Å². The van der Waals surface area contributed by atoms with Gasteiger partial charge in [0.05, 0.1) is 23.7 Å². The van der Waals surface area contributed by atoms with Crippen molar-refractivity contribution in [1.29, 1.82) is 0 Å². The van der Waals surface area contributed by atoms with Gasteiger partial charge in [-0.25, -0.2) is 4.79 Å². The number of amides is 1. The van der Waals surface area contributed by atoms with Crippen molar-refractivity contribution < 1.29 is 19.4 Å². The average molecular weight is 537 g/mol. The Hall–Kier alpha value is -3.08. The zero-order chi connectivity index (χ0) is 26.6. The quantitative estimate of drug-likeness (QED) is 0.194. The van der Waals surface area contributed by atoms with E-state index in [-0.39, 0.29) is 18.5 Å². The van der Waals surface area contributed by atoms with E-state index in [0.717, 1.165) is 65.6 Å². The number of carbonyl (C=O) groups excluding carboxylic acids is 2. The Morgan fingerprint density at radius 1 is 0.947 bits per heavy atom. The van der Waals surface area contributed by atoms with E-state index in [9.17, 15) is 9.59 Å². The number of nitrogens with one attached hydrogen (secondary N) is 3. The summed E-state index contributed by atoms with van der Waals surface area (Å²) in [6, 6.07) is 21.5. The minimum atomic E-state index is -0.423. The van der Waals surface area contributed by atoms with Crippen molar-refractivity contribution >= 4 is 28.9 Å². The number of piperidine rings is 1. The molecule has 1 fully saturated rings. The van der Waals surface area contributed by atoms with E-state index in [1.165, 1.54) is 11.3 Å². The van der Waals surface area contributed by atoms with E-state index >= 15 is 0 Å². The lowest BCUT2D eigenvalue weighted by Gasteiger charge is -2.31. The number of benzene rings is 2. The smallest absolute Gasteiger partial charge is 0.411 e. The number of Topliss-reactive ketones (excluding diaryl/α,β-unsaturated/α-hetero) is 1. The molecule has 9 heteroatoms. The summed E-state index contributed by atoms with van der Waals surface area (Å²) in [6.07, 6.45) is 1.04. The first-order chi connectivity index (χ1) is 18.6. The maximum absolute atomic E-state index is 12.6. The average Bonchev–Trinajstić information content (AvgIpc) is 3.42. The zero-order valence-corrected chi connectivity index (χ0v) is 22.3. The van der Waals surface area contributed by atoms with Gasteiger partial charge in [-0.1, -0.05) is 48.5 Å². The minimum absolute atomic E-state index is 0.0929. The van der Waals surface area contributed by atoms with Gasteiger partial charge in [-0.15, -0.1) is 11.3 Å². The molecule has 2 aromatic carbocycles. The highest BCUT2D eigenvalue weighted by Crippen LogP contribution is 2.28. The number of hydrogen-bond acceptors (Lipinski definition) is 8. The molecule has 0 saturated carbocycles. The van der Waals surface area contributed by atoms with Gasteiger partial charge >= 0.3 is 6.09 Å². The van der Waals surface area contributed by atoms with Crippen molar-refractivity contribution in [1.82, 2.24) is 15.5 Å². The Morgan fingerprint density at radius 3 is 2.50 bits per heavy atom. The zero-order valence-electron chi connectivity index (χ0n) is 21.5. The number of hydrogen-bond donors (Lipinski definition) is 4. The van der Waals surface area contributed by atoms with Crippen LogP contribution in [0.25, 0.3) is 11.1 Å². The molecule has 4 rings (SSSR count). The number of aliphatic hydroxyl groups excluding tert-OH is 1. The molecule has 1 aliphatic rings. The lowest BCUT2D eigenvalue weighted by atomic mass is 10.0. The maximum atomic E-state index is 12.6. The van der Waals surface area contributed by atoms with Crippen LogP contribution in [0.2, 0.25) is 0 Å². The number of rotatable bonds is 13. The lowest BCUT2D eigenvalue weighted by molar-refractivity contribution is 0.0593. The molecule has 38 heavy (non-hydrogen) atoms. The van der Waals surface area contributed by atoms with Crippen LogP contribution in [0.4, 0.5) is 10.5 Å². The molecule has 0 spiro atoms. The minimum Gasteiger partial charge on any atom is -0.446 e. The number of aliphatic hydroxyl groups is 1. The van der Waals surface area contributed by atoms with Gasteiger partial charge in [0.15, 0.2) is 5.78 Å². The molecule has 0 aliphatic carbocycles. The highest BCUT2D eigenvalue weighted by molar-refractivity contribution is 7.14. The number of ketones is 1. The topological polar surface area (TPSA) is 103 Å². The largest absolute Gasteiger partial charge is 0.446 e. The van der Waals surface area contributed by atoms with E-state index in [2.05, 4.69) is 20.9 Å². The number of ether oxygens (including phenoxy) is 1. The van der Waals surface area contributed by atoms with Gasteiger partial charge < -0.3 is 25.4 Å². The fourth-order valence-corrected chi connectivity index (χ4v) is 5.36. The molecule has 202 valence electrons. The maximum Gasteiger partial charge on any atom is 0.411 e. The third-order valence-corrected chi connectivity index (χ3v) is 7.60. The van der Waals surface area contributed by atoms with Crippen LogP contribution in [0, 0.1) is 0 Å². The summed E-state index contributed by atoms with van der Waals surface area (Å²) in [4.78, 5) is 29.2. The molecule has 0 radical (unpaired) electrons. The molecule has 4 N–H and O–H groups in total. The van der Waals surface area contributed by atoms with Crippen molar-refractivity contribution in [3.63, 3.8) is 0 Å². The Labute approximate surface area is 228 Å². The summed E-state index contributed by atoms with van der Waals surface area (Å²) in [6.45, 7) is 4.89. The number of nitrogens with zero attached hydrogens (tertiary/aromatic N) is 1. The Kier molecular flexibility index (Phi) is 10.8. The molecule has 0 atom stereocenters. The Morgan fingerprint density at radius 2 is 1.71 bits per heavy atom. The van der Waals surface area contributed by atoms with Crippen molar-refractivity contribution in [3.8, 4) is 11.1 Å². The second-order valence-electron chi connectivity index (χ2n) is 9.25. The van der Waals surface area contributed by atoms with Crippen LogP contribution in [0.5, 0.6) is 0 Å². The van der Waals surface area contributed by atoms with E-state index in [1.54, 1.807) is 0 Å². The van der Waals surface area contributed by atoms with Crippen LogP contribution >= 0.6 is 11.3 Å². The van der Waals surface area contributed by atoms with Gasteiger partial charge in [0.2, 0.25) is 0 Å². The second kappa shape index (κ2) is 14.8. The van der Waals surface area contributed by atoms with E-state index < -0.39 is 6.09 Å². The van der Waals surface area contributed by atoms with E-state index in [4.69, 9.17) is 9.84 Å². The van der Waals surface area contributed by atoms with Crippen molar-refractivity contribution in [2.24, 2.45) is 0 Å². The summed E-state index contributed by atoms with van der Waals surface area (Å²) in [5.41, 5.74) is 2.73. The first kappa shape index (κ1) is 27.9. The van der Waals surface area contributed by atoms with Gasteiger partial charge in [0.1, 0.15) is 6.10 Å². The molecule has 1 saturated heterocycles. The molecule has 1 amide bonds. The lowest BCUT2D eigenvalue weighted by Crippen LogP contribution is -2.41. The number of likely N-dealkylation sites (tertiary alicyclic amines) is 1. The van der Waals surface area contributed by atoms with E-state index in [0.29, 0.717) is 19.6 Å². The molecule has 0 bridgehead atoms. The molecule has 0 unspecified atom stereocenters. The van der Waals surface area contributed by atoms with Gasteiger partial charge in [-0.3, -0.25) is 10.1 Å². The monoisotopic (exact) mass is 536 g/mol. The van der Waals surface area contributed by atoms with E-state index in [1.807, 2.05) is 66.7 Å². The van der Waals surface area contributed by atoms with Gasteiger partial charge in [-0.2, -0.15) is 0 Å². The Balaban J connectivity index is 1.12. The van der Waals surface area contributed by atoms with Gasteiger partial charge in [0.25, 0.3) is 0 Å². The van der Waals surface area contributed by atoms with Crippen molar-refractivity contribution in [2.75, 3.05) is 51.2 Å². The number of carbonyl (C=O) groups is 2. The van der Waals surface area contributed by atoms with Gasteiger partial charge in [-0.05, 0) is 36.6 Å². The molecule has 2 heterocycles. The predicted molar refractivity (Wildman–Crippen MR) is 152 cm³/mol. The van der Waals surface area contributed by atoms with Crippen LogP contribution in [-0.4, -0.2) is 73.9 Å². The highest BCUT2D eigenvalue weighted by atomic mass is 32.1. The van der Waals surface area contributed by atoms with Crippen LogP contribution in [0.15, 0.2) is 66.7 Å². The predicted octanol–water partition coefficient (Wildman–Crippen LogP) is 3.98. The third kappa shape index (κ3) is 8.47. The van der Waals surface area contributed by atoms with Crippen molar-refractivity contribution in [3.05, 3.63) is 76.5 Å². The standard InChI is InChI=1S/C29H36N4O4S/c34-19-15-31-20-24-10-11-28(38-24)27(35)21-30-14-18-33-16-12-23(13-17-33)37-29(36)32-26-9-5-4-8-25(26)22-6-2-1-3-7-22/h1-11,23,30-31,34H,12-21H2,(H,32,36). The molecular weight excluding hydrogens is 500 g/mol. The fourth-order valence-electron chi connectivity index (χ4n) is 4.44. The second-order valence-corrected chi connectivity index (χ2v) is 10.4. The number of para-hydroxylation sites is 1. The first-order valence-corrected chi connectivity index (χ1v) is 13.9. The highest BCUT2D eigenvalue weighted by Gasteiger charge is 2.22.